The first-order chi connectivity index (χ1) is 13.9. The summed E-state index contributed by atoms with van der Waals surface area (Å²) < 4.78 is 18.5. The average Bonchev–Trinajstić information content (AvgIpc) is 3.19. The molecule has 9 heteroatoms. The van der Waals surface area contributed by atoms with Crippen molar-refractivity contribution in [1.82, 2.24) is 19.9 Å². The van der Waals surface area contributed by atoms with Crippen molar-refractivity contribution in [2.75, 3.05) is 0 Å². The highest BCUT2D eigenvalue weighted by Crippen LogP contribution is 2.55. The summed E-state index contributed by atoms with van der Waals surface area (Å²) >= 11 is 0. The number of carbonyl (C=O) groups excluding carboxylic acids is 1. The largest absolute Gasteiger partial charge is 0.444 e. The van der Waals surface area contributed by atoms with Gasteiger partial charge in [-0.05, 0) is 48.0 Å². The Bertz CT molecular complexity index is 1040. The summed E-state index contributed by atoms with van der Waals surface area (Å²) in [5, 5.41) is 0. The lowest BCUT2D eigenvalue weighted by Crippen LogP contribution is -2.45. The molecular weight excluding hydrogens is 388 g/mol. The Morgan fingerprint density at radius 3 is 2.63 bits per heavy atom. The van der Waals surface area contributed by atoms with Crippen LogP contribution in [0.5, 0.6) is 0 Å². The topological polar surface area (TPSA) is 110 Å². The van der Waals surface area contributed by atoms with Gasteiger partial charge in [-0.15, -0.1) is 0 Å². The number of aromatic amines is 2. The monoisotopic (exact) mass is 418 g/mol. The molecule has 2 aromatic heterocycles. The molecule has 9 nitrogen and oxygen atoms in total. The minimum Gasteiger partial charge on any atom is -0.444 e. The van der Waals surface area contributed by atoms with Crippen LogP contribution >= 0.6 is 0 Å². The van der Waals surface area contributed by atoms with Gasteiger partial charge in [0.2, 0.25) is 0 Å². The number of nitrogens with one attached hydrogen (secondary N) is 2. The second-order valence-corrected chi connectivity index (χ2v) is 9.69. The first kappa shape index (κ1) is 20.9. The van der Waals surface area contributed by atoms with E-state index in [1.54, 1.807) is 11.1 Å². The molecule has 0 aliphatic carbocycles. The van der Waals surface area contributed by atoms with E-state index >= 15 is 0 Å². The van der Waals surface area contributed by atoms with Crippen LogP contribution in [-0.4, -0.2) is 55.1 Å². The number of likely N-dealkylation sites (tertiary alicyclic amines) is 1. The Morgan fingerprint density at radius 1 is 1.30 bits per heavy atom. The van der Waals surface area contributed by atoms with Gasteiger partial charge in [-0.3, -0.25) is 9.69 Å². The zero-order valence-corrected chi connectivity index (χ0v) is 18.5. The van der Waals surface area contributed by atoms with Crippen molar-refractivity contribution in [3.8, 4) is 0 Å². The summed E-state index contributed by atoms with van der Waals surface area (Å²) in [6.07, 6.45) is 2.94. The van der Waals surface area contributed by atoms with E-state index < -0.39 is 29.1 Å². The third-order valence-corrected chi connectivity index (χ3v) is 5.79. The van der Waals surface area contributed by atoms with Crippen LogP contribution in [0.4, 0.5) is 4.79 Å². The van der Waals surface area contributed by atoms with Crippen LogP contribution in [0.15, 0.2) is 17.3 Å². The Hall–Kier alpha value is -2.39. The van der Waals surface area contributed by atoms with Crippen LogP contribution in [-0.2, 0) is 14.2 Å². The zero-order valence-electron chi connectivity index (χ0n) is 18.5. The summed E-state index contributed by atoms with van der Waals surface area (Å²) in [4.78, 5) is 37.3. The van der Waals surface area contributed by atoms with Crippen LogP contribution in [0.1, 0.15) is 66.5 Å². The molecule has 2 N–H and O–H groups in total. The van der Waals surface area contributed by atoms with Gasteiger partial charge in [-0.2, -0.15) is 0 Å². The second-order valence-electron chi connectivity index (χ2n) is 9.69. The van der Waals surface area contributed by atoms with Gasteiger partial charge < -0.3 is 24.2 Å². The van der Waals surface area contributed by atoms with Crippen molar-refractivity contribution in [2.45, 2.75) is 90.1 Å². The number of hydrogen-bond donors (Lipinski definition) is 2. The van der Waals surface area contributed by atoms with Crippen LogP contribution in [0.3, 0.4) is 0 Å². The highest BCUT2D eigenvalue weighted by molar-refractivity contribution is 5.80. The Balaban J connectivity index is 1.90. The minimum absolute atomic E-state index is 0.261. The number of hydrogen-bond acceptors (Lipinski definition) is 6. The number of ether oxygens (including phenoxy) is 3. The lowest BCUT2D eigenvalue weighted by atomic mass is 9.88. The lowest BCUT2D eigenvalue weighted by Gasteiger charge is -2.37. The normalized spacial score (nSPS) is 30.6. The molecule has 4 heterocycles. The molecule has 0 aromatic carbocycles. The van der Waals surface area contributed by atoms with E-state index in [4.69, 9.17) is 14.2 Å². The molecule has 30 heavy (non-hydrogen) atoms. The minimum atomic E-state index is -0.847. The fourth-order valence-corrected chi connectivity index (χ4v) is 4.92. The molecule has 1 amide bonds. The highest BCUT2D eigenvalue weighted by Gasteiger charge is 2.67. The van der Waals surface area contributed by atoms with Crippen molar-refractivity contribution in [2.24, 2.45) is 0 Å². The van der Waals surface area contributed by atoms with E-state index in [-0.39, 0.29) is 17.7 Å². The van der Waals surface area contributed by atoms with Crippen LogP contribution in [0.25, 0.3) is 11.0 Å². The molecule has 0 unspecified atom stereocenters. The molecule has 0 spiro atoms. The number of H-pyrrole nitrogens is 2. The van der Waals surface area contributed by atoms with Crippen LogP contribution < -0.4 is 5.56 Å². The Kier molecular flexibility index (Phi) is 4.56. The van der Waals surface area contributed by atoms with E-state index in [9.17, 15) is 9.59 Å². The Morgan fingerprint density at radius 2 is 2.00 bits per heavy atom. The zero-order chi connectivity index (χ0) is 22.1. The van der Waals surface area contributed by atoms with Gasteiger partial charge >= 0.3 is 6.09 Å². The van der Waals surface area contributed by atoms with E-state index in [0.29, 0.717) is 23.0 Å². The second kappa shape index (κ2) is 6.55. The number of carbonyl (C=O) groups is 1. The smallest absolute Gasteiger partial charge is 0.411 e. The molecular formula is C21H30N4O5. The van der Waals surface area contributed by atoms with Gasteiger partial charge in [0.25, 0.3) is 5.56 Å². The summed E-state index contributed by atoms with van der Waals surface area (Å²) in [5.41, 5.74) is -0.218. The first-order valence-corrected chi connectivity index (χ1v) is 10.3. The maximum atomic E-state index is 13.4. The number of amides is 1. The maximum Gasteiger partial charge on any atom is 0.411 e. The first-order valence-electron chi connectivity index (χ1n) is 10.3. The molecule has 4 rings (SSSR count). The van der Waals surface area contributed by atoms with Gasteiger partial charge in [0.05, 0.1) is 18.4 Å². The number of nitrogens with zero attached hydrogens (tertiary/aromatic N) is 2. The van der Waals surface area contributed by atoms with Crippen LogP contribution in [0, 0.1) is 0 Å². The quantitative estimate of drug-likeness (QED) is 0.775. The van der Waals surface area contributed by atoms with Crippen molar-refractivity contribution in [3.63, 3.8) is 0 Å². The Labute approximate surface area is 175 Å². The van der Waals surface area contributed by atoms with Gasteiger partial charge in [0, 0.05) is 11.8 Å². The fourth-order valence-electron chi connectivity index (χ4n) is 4.92. The van der Waals surface area contributed by atoms with Gasteiger partial charge in [-0.25, -0.2) is 9.78 Å². The number of fused-ring (bicyclic) bond motifs is 2. The van der Waals surface area contributed by atoms with E-state index in [1.807, 2.05) is 48.5 Å². The van der Waals surface area contributed by atoms with E-state index in [2.05, 4.69) is 15.0 Å². The van der Waals surface area contributed by atoms with Crippen molar-refractivity contribution in [3.05, 3.63) is 28.4 Å². The summed E-state index contributed by atoms with van der Waals surface area (Å²) in [5.74, 6) is -0.803. The number of aromatic nitrogens is 3. The standard InChI is InChI=1S/C21H30N4O5/c1-8-12-16-21(7,30-20(5,6)28-16)15(25(12)18(27)29-19(2,3)4)11-9-22-14-13(11)23-10-24-17(14)26/h9-10,12,15-16,22H,8H2,1-7H3,(H,23,24,26)/t12-,15+,16-,21+/m1/s1. The molecule has 0 radical (unpaired) electrons. The maximum absolute atomic E-state index is 13.4. The summed E-state index contributed by atoms with van der Waals surface area (Å²) in [6, 6.07) is -0.810. The van der Waals surface area contributed by atoms with E-state index in [0.717, 1.165) is 0 Å². The predicted octanol–water partition coefficient (Wildman–Crippen LogP) is 3.23. The molecule has 0 bridgehead atoms. The summed E-state index contributed by atoms with van der Waals surface area (Å²) in [6.45, 7) is 13.2. The van der Waals surface area contributed by atoms with Crippen LogP contribution in [0.2, 0.25) is 0 Å². The molecule has 2 saturated heterocycles. The molecule has 2 aliphatic rings. The van der Waals surface area contributed by atoms with Gasteiger partial charge in [-0.1, -0.05) is 6.92 Å². The van der Waals surface area contributed by atoms with Gasteiger partial charge in [0.1, 0.15) is 28.3 Å². The highest BCUT2D eigenvalue weighted by atomic mass is 16.8. The number of rotatable bonds is 2. The fraction of sp³-hybridized carbons (Fsp3) is 0.667. The van der Waals surface area contributed by atoms with Crippen molar-refractivity contribution >= 4 is 17.1 Å². The molecule has 2 fully saturated rings. The molecule has 164 valence electrons. The lowest BCUT2D eigenvalue weighted by molar-refractivity contribution is -0.182. The molecule has 2 aromatic rings. The summed E-state index contributed by atoms with van der Waals surface area (Å²) in [7, 11) is 0. The average molecular weight is 418 g/mol. The third kappa shape index (κ3) is 3.11. The van der Waals surface area contributed by atoms with Crippen molar-refractivity contribution in [1.29, 1.82) is 0 Å². The SMILES string of the molecule is CC[C@@H]1[C@H]2OC(C)(C)O[C@@]2(C)[C@H](c2c[nH]c3c(=O)[nH]cnc23)N1C(=O)OC(C)(C)C. The predicted molar refractivity (Wildman–Crippen MR) is 110 cm³/mol. The molecule has 0 saturated carbocycles. The third-order valence-electron chi connectivity index (χ3n) is 5.79. The molecule has 2 aliphatic heterocycles. The van der Waals surface area contributed by atoms with E-state index in [1.165, 1.54) is 6.33 Å². The van der Waals surface area contributed by atoms with Crippen molar-refractivity contribution < 1.29 is 19.0 Å². The molecule has 4 atom stereocenters. The van der Waals surface area contributed by atoms with Gasteiger partial charge in [0.15, 0.2) is 5.79 Å².